The fourth-order valence-electron chi connectivity index (χ4n) is 1.37. The lowest BCUT2D eigenvalue weighted by atomic mass is 10.1. The van der Waals surface area contributed by atoms with Crippen molar-refractivity contribution in [3.63, 3.8) is 0 Å². The number of allylic oxidation sites excluding steroid dienone is 6. The molecule has 0 spiro atoms. The van der Waals surface area contributed by atoms with Gasteiger partial charge in [0.1, 0.15) is 0 Å². The molecule has 0 aromatic heterocycles. The lowest BCUT2D eigenvalue weighted by Crippen LogP contribution is -1.84. The van der Waals surface area contributed by atoms with E-state index in [-0.39, 0.29) is 0 Å². The second-order valence-corrected chi connectivity index (χ2v) is 3.59. The molecular formula is C15H18. The average Bonchev–Trinajstić information content (AvgIpc) is 2.26. The third-order valence-corrected chi connectivity index (χ3v) is 2.12. The second-order valence-electron chi connectivity index (χ2n) is 3.59. The second kappa shape index (κ2) is 6.83. The summed E-state index contributed by atoms with van der Waals surface area (Å²) >= 11 is 0. The zero-order valence-electron chi connectivity index (χ0n) is 9.48. The molecule has 0 heterocycles. The van der Waals surface area contributed by atoms with Gasteiger partial charge < -0.3 is 0 Å². The highest BCUT2D eigenvalue weighted by atomic mass is 14.0. The summed E-state index contributed by atoms with van der Waals surface area (Å²) in [5, 5.41) is 0. The van der Waals surface area contributed by atoms with E-state index in [9.17, 15) is 0 Å². The van der Waals surface area contributed by atoms with E-state index >= 15 is 0 Å². The Labute approximate surface area is 92.6 Å². The van der Waals surface area contributed by atoms with Crippen LogP contribution in [0, 0.1) is 0 Å². The molecule has 15 heavy (non-hydrogen) atoms. The predicted molar refractivity (Wildman–Crippen MR) is 67.9 cm³/mol. The van der Waals surface area contributed by atoms with Gasteiger partial charge in [0.15, 0.2) is 0 Å². The molecule has 0 N–H and O–H groups in total. The molecule has 0 amide bonds. The molecule has 78 valence electrons. The minimum absolute atomic E-state index is 1.03. The van der Waals surface area contributed by atoms with Crippen molar-refractivity contribution in [3.8, 4) is 0 Å². The molecule has 0 aliphatic carbocycles. The first kappa shape index (κ1) is 11.5. The Morgan fingerprint density at radius 3 is 2.47 bits per heavy atom. The highest BCUT2D eigenvalue weighted by molar-refractivity contribution is 5.23. The molecule has 0 aliphatic rings. The van der Waals surface area contributed by atoms with Crippen LogP contribution in [0.3, 0.4) is 0 Å². The zero-order chi connectivity index (χ0) is 10.9. The van der Waals surface area contributed by atoms with Crippen LogP contribution in [-0.4, -0.2) is 0 Å². The van der Waals surface area contributed by atoms with E-state index in [0.29, 0.717) is 0 Å². The highest BCUT2D eigenvalue weighted by Crippen LogP contribution is 2.06. The van der Waals surface area contributed by atoms with Crippen molar-refractivity contribution in [1.29, 1.82) is 0 Å². The Hall–Kier alpha value is -1.56. The van der Waals surface area contributed by atoms with Gasteiger partial charge in [-0.2, -0.15) is 0 Å². The van der Waals surface area contributed by atoms with Crippen molar-refractivity contribution < 1.29 is 0 Å². The van der Waals surface area contributed by atoms with E-state index in [1.807, 2.05) is 19.1 Å². The molecule has 0 fully saturated rings. The summed E-state index contributed by atoms with van der Waals surface area (Å²) in [5.41, 5.74) is 2.74. The van der Waals surface area contributed by atoms with Crippen molar-refractivity contribution in [2.75, 3.05) is 0 Å². The van der Waals surface area contributed by atoms with Gasteiger partial charge in [0.05, 0.1) is 0 Å². The Morgan fingerprint density at radius 2 is 1.80 bits per heavy atom. The van der Waals surface area contributed by atoms with Crippen LogP contribution in [0.15, 0.2) is 66.3 Å². The van der Waals surface area contributed by atoms with Crippen LogP contribution in [0.1, 0.15) is 19.4 Å². The third kappa shape index (κ3) is 5.02. The van der Waals surface area contributed by atoms with Crippen molar-refractivity contribution in [2.24, 2.45) is 0 Å². The van der Waals surface area contributed by atoms with Crippen molar-refractivity contribution in [2.45, 2.75) is 20.3 Å². The van der Waals surface area contributed by atoms with Crippen LogP contribution in [0.25, 0.3) is 0 Å². The maximum atomic E-state index is 2.16. The maximum absolute atomic E-state index is 2.16. The molecular weight excluding hydrogens is 180 g/mol. The average molecular weight is 198 g/mol. The van der Waals surface area contributed by atoms with E-state index in [1.165, 1.54) is 11.1 Å². The molecule has 1 rings (SSSR count). The first-order valence-electron chi connectivity index (χ1n) is 5.32. The Balaban J connectivity index is 2.52. The van der Waals surface area contributed by atoms with E-state index in [0.717, 1.165) is 6.42 Å². The zero-order valence-corrected chi connectivity index (χ0v) is 9.48. The van der Waals surface area contributed by atoms with Gasteiger partial charge in [0.2, 0.25) is 0 Å². The molecule has 0 bridgehead atoms. The van der Waals surface area contributed by atoms with Gasteiger partial charge in [0, 0.05) is 0 Å². The molecule has 0 unspecified atom stereocenters. The van der Waals surface area contributed by atoms with Gasteiger partial charge in [-0.3, -0.25) is 0 Å². The van der Waals surface area contributed by atoms with E-state index in [2.05, 4.69) is 55.5 Å². The molecule has 0 atom stereocenters. The van der Waals surface area contributed by atoms with Gasteiger partial charge >= 0.3 is 0 Å². The molecule has 0 aliphatic heterocycles. The number of rotatable bonds is 4. The van der Waals surface area contributed by atoms with Gasteiger partial charge in [-0.1, -0.05) is 66.3 Å². The molecule has 0 saturated heterocycles. The predicted octanol–water partition coefficient (Wildman–Crippen LogP) is 4.31. The van der Waals surface area contributed by atoms with E-state index in [1.54, 1.807) is 0 Å². The van der Waals surface area contributed by atoms with E-state index < -0.39 is 0 Å². The van der Waals surface area contributed by atoms with Crippen LogP contribution in [0.2, 0.25) is 0 Å². The van der Waals surface area contributed by atoms with Crippen LogP contribution in [0.5, 0.6) is 0 Å². The summed E-state index contributed by atoms with van der Waals surface area (Å²) in [6.07, 6.45) is 11.4. The minimum atomic E-state index is 1.03. The van der Waals surface area contributed by atoms with Crippen LogP contribution >= 0.6 is 0 Å². The van der Waals surface area contributed by atoms with Crippen LogP contribution in [0.4, 0.5) is 0 Å². The molecule has 0 heteroatoms. The summed E-state index contributed by atoms with van der Waals surface area (Å²) in [6, 6.07) is 10.5. The fraction of sp³-hybridized carbons (Fsp3) is 0.200. The number of benzene rings is 1. The minimum Gasteiger partial charge on any atom is -0.0877 e. The van der Waals surface area contributed by atoms with Crippen molar-refractivity contribution in [3.05, 3.63) is 71.8 Å². The standard InChI is InChI=1S/C15H18/c1-3-4-5-7-10-14(2)13-15-11-8-6-9-12-15/h3-12H,13H2,1-2H3/b4-3+,7-5-,14-10-. The first-order valence-corrected chi connectivity index (χ1v) is 5.32. The largest absolute Gasteiger partial charge is 0.0877 e. The van der Waals surface area contributed by atoms with Gasteiger partial charge in [-0.25, -0.2) is 0 Å². The lowest BCUT2D eigenvalue weighted by Gasteiger charge is -1.99. The smallest absolute Gasteiger partial charge is 0.00668 e. The number of hydrogen-bond acceptors (Lipinski definition) is 0. The monoisotopic (exact) mass is 198 g/mol. The third-order valence-electron chi connectivity index (χ3n) is 2.12. The van der Waals surface area contributed by atoms with E-state index in [4.69, 9.17) is 0 Å². The lowest BCUT2D eigenvalue weighted by molar-refractivity contribution is 1.14. The summed E-state index contributed by atoms with van der Waals surface area (Å²) in [6.45, 7) is 4.18. The van der Waals surface area contributed by atoms with Crippen LogP contribution < -0.4 is 0 Å². The summed E-state index contributed by atoms with van der Waals surface area (Å²) in [7, 11) is 0. The summed E-state index contributed by atoms with van der Waals surface area (Å²) < 4.78 is 0. The Bertz CT molecular complexity index is 353. The fourth-order valence-corrected chi connectivity index (χ4v) is 1.37. The highest BCUT2D eigenvalue weighted by Gasteiger charge is 1.91. The maximum Gasteiger partial charge on any atom is -0.00668 e. The Morgan fingerprint density at radius 1 is 1.07 bits per heavy atom. The molecule has 0 saturated carbocycles. The summed E-state index contributed by atoms with van der Waals surface area (Å²) in [4.78, 5) is 0. The van der Waals surface area contributed by atoms with Crippen molar-refractivity contribution in [1.82, 2.24) is 0 Å². The van der Waals surface area contributed by atoms with Crippen molar-refractivity contribution >= 4 is 0 Å². The first-order chi connectivity index (χ1) is 7.33. The normalized spacial score (nSPS) is 12.8. The molecule has 0 radical (unpaired) electrons. The number of hydrogen-bond donors (Lipinski definition) is 0. The Kier molecular flexibility index (Phi) is 5.24. The topological polar surface area (TPSA) is 0 Å². The molecule has 0 nitrogen and oxygen atoms in total. The van der Waals surface area contributed by atoms with Gasteiger partial charge in [-0.15, -0.1) is 0 Å². The summed E-state index contributed by atoms with van der Waals surface area (Å²) in [5.74, 6) is 0. The molecule has 1 aromatic rings. The van der Waals surface area contributed by atoms with Gasteiger partial charge in [-0.05, 0) is 25.8 Å². The van der Waals surface area contributed by atoms with Crippen LogP contribution in [-0.2, 0) is 6.42 Å². The quantitative estimate of drug-likeness (QED) is 0.632. The van der Waals surface area contributed by atoms with Gasteiger partial charge in [0.25, 0.3) is 0 Å². The molecule has 1 aromatic carbocycles. The SMILES string of the molecule is C/C=C/C=C\C=C(\C)Cc1ccccc1.